The van der Waals surface area contributed by atoms with Crippen LogP contribution in [-0.4, -0.2) is 25.8 Å². The van der Waals surface area contributed by atoms with E-state index in [1.54, 1.807) is 0 Å². The lowest BCUT2D eigenvalue weighted by atomic mass is 9.83. The Kier molecular flexibility index (Phi) is 3.68. The van der Waals surface area contributed by atoms with E-state index in [1.807, 2.05) is 0 Å². The van der Waals surface area contributed by atoms with Gasteiger partial charge in [-0.3, -0.25) is 0 Å². The summed E-state index contributed by atoms with van der Waals surface area (Å²) in [4.78, 5) is 0. The molecule has 0 aromatic heterocycles. The highest BCUT2D eigenvalue weighted by atomic mass is 16.5. The monoisotopic (exact) mass is 211 g/mol. The van der Waals surface area contributed by atoms with E-state index in [9.17, 15) is 0 Å². The van der Waals surface area contributed by atoms with Gasteiger partial charge in [-0.25, -0.2) is 0 Å². The van der Waals surface area contributed by atoms with Crippen LogP contribution in [0, 0.1) is 11.3 Å². The second-order valence-corrected chi connectivity index (χ2v) is 5.56. The Bertz CT molecular complexity index is 195. The van der Waals surface area contributed by atoms with Crippen molar-refractivity contribution in [3.63, 3.8) is 0 Å². The van der Waals surface area contributed by atoms with E-state index in [4.69, 9.17) is 4.74 Å². The second kappa shape index (κ2) is 4.84. The molecule has 15 heavy (non-hydrogen) atoms. The van der Waals surface area contributed by atoms with E-state index in [2.05, 4.69) is 19.2 Å². The third-order valence-corrected chi connectivity index (χ3v) is 4.07. The first-order valence-electron chi connectivity index (χ1n) is 6.57. The maximum absolute atomic E-state index is 5.63. The minimum absolute atomic E-state index is 0.584. The lowest BCUT2D eigenvalue weighted by molar-refractivity contribution is 0.0272. The van der Waals surface area contributed by atoms with Crippen LogP contribution in [0.3, 0.4) is 0 Å². The standard InChI is InChI=1S/C13H25NO/c1-3-8-14-12(13(2)6-7-13)11-5-4-9-15-10-11/h11-12,14H,3-10H2,1-2H3. The van der Waals surface area contributed by atoms with Crippen LogP contribution < -0.4 is 5.32 Å². The minimum atomic E-state index is 0.584. The molecule has 0 bridgehead atoms. The van der Waals surface area contributed by atoms with Crippen LogP contribution in [-0.2, 0) is 4.74 Å². The van der Waals surface area contributed by atoms with Crippen molar-refractivity contribution in [1.29, 1.82) is 0 Å². The van der Waals surface area contributed by atoms with Gasteiger partial charge >= 0.3 is 0 Å². The number of ether oxygens (including phenoxy) is 1. The Hall–Kier alpha value is -0.0800. The molecule has 2 fully saturated rings. The molecule has 0 spiro atoms. The lowest BCUT2D eigenvalue weighted by Gasteiger charge is -2.35. The highest BCUT2D eigenvalue weighted by Crippen LogP contribution is 2.51. The van der Waals surface area contributed by atoms with Crippen LogP contribution in [0.25, 0.3) is 0 Å². The quantitative estimate of drug-likeness (QED) is 0.754. The Morgan fingerprint density at radius 2 is 2.27 bits per heavy atom. The molecule has 1 saturated carbocycles. The highest BCUT2D eigenvalue weighted by Gasteiger charge is 2.47. The molecule has 1 saturated heterocycles. The summed E-state index contributed by atoms with van der Waals surface area (Å²) in [5.41, 5.74) is 0.584. The van der Waals surface area contributed by atoms with Crippen LogP contribution in [0.15, 0.2) is 0 Å². The molecule has 2 atom stereocenters. The fraction of sp³-hybridized carbons (Fsp3) is 1.00. The van der Waals surface area contributed by atoms with Gasteiger partial charge < -0.3 is 10.1 Å². The number of hydrogen-bond donors (Lipinski definition) is 1. The van der Waals surface area contributed by atoms with Crippen molar-refractivity contribution in [1.82, 2.24) is 5.32 Å². The molecular formula is C13H25NO. The van der Waals surface area contributed by atoms with Crippen LogP contribution in [0.1, 0.15) is 46.0 Å². The second-order valence-electron chi connectivity index (χ2n) is 5.56. The van der Waals surface area contributed by atoms with E-state index in [1.165, 1.54) is 32.1 Å². The highest BCUT2D eigenvalue weighted by molar-refractivity contribution is 5.01. The van der Waals surface area contributed by atoms with Gasteiger partial charge in [-0.2, -0.15) is 0 Å². The molecule has 2 aliphatic rings. The van der Waals surface area contributed by atoms with Gasteiger partial charge in [0, 0.05) is 12.6 Å². The zero-order valence-corrected chi connectivity index (χ0v) is 10.2. The average molecular weight is 211 g/mol. The van der Waals surface area contributed by atoms with Crippen LogP contribution in [0.4, 0.5) is 0 Å². The topological polar surface area (TPSA) is 21.3 Å². The van der Waals surface area contributed by atoms with Crippen molar-refractivity contribution in [3.8, 4) is 0 Å². The summed E-state index contributed by atoms with van der Waals surface area (Å²) in [6.07, 6.45) is 6.66. The molecule has 0 radical (unpaired) electrons. The van der Waals surface area contributed by atoms with Crippen molar-refractivity contribution >= 4 is 0 Å². The first-order valence-corrected chi connectivity index (χ1v) is 6.57. The Labute approximate surface area is 93.8 Å². The van der Waals surface area contributed by atoms with Gasteiger partial charge in [0.05, 0.1) is 6.61 Å². The van der Waals surface area contributed by atoms with Gasteiger partial charge in [-0.05, 0) is 50.0 Å². The molecular weight excluding hydrogens is 186 g/mol. The number of rotatable bonds is 5. The van der Waals surface area contributed by atoms with Gasteiger partial charge in [0.25, 0.3) is 0 Å². The number of hydrogen-bond acceptors (Lipinski definition) is 2. The van der Waals surface area contributed by atoms with Gasteiger partial charge in [0.2, 0.25) is 0 Å². The van der Waals surface area contributed by atoms with Crippen LogP contribution in [0.2, 0.25) is 0 Å². The first kappa shape index (κ1) is 11.4. The molecule has 2 unspecified atom stereocenters. The zero-order valence-electron chi connectivity index (χ0n) is 10.2. The van der Waals surface area contributed by atoms with Gasteiger partial charge in [-0.1, -0.05) is 13.8 Å². The molecule has 0 aromatic carbocycles. The normalized spacial score (nSPS) is 31.2. The summed E-state index contributed by atoms with van der Waals surface area (Å²) in [7, 11) is 0. The zero-order chi connectivity index (χ0) is 10.7. The molecule has 1 aliphatic carbocycles. The third-order valence-electron chi connectivity index (χ3n) is 4.07. The summed E-state index contributed by atoms with van der Waals surface area (Å²) in [6.45, 7) is 7.81. The van der Waals surface area contributed by atoms with Gasteiger partial charge in [0.15, 0.2) is 0 Å². The largest absolute Gasteiger partial charge is 0.381 e. The van der Waals surface area contributed by atoms with Crippen molar-refractivity contribution in [2.24, 2.45) is 11.3 Å². The van der Waals surface area contributed by atoms with Crippen molar-refractivity contribution in [2.45, 2.75) is 52.0 Å². The van der Waals surface area contributed by atoms with E-state index >= 15 is 0 Å². The molecule has 0 amide bonds. The Morgan fingerprint density at radius 1 is 1.47 bits per heavy atom. The maximum Gasteiger partial charge on any atom is 0.0509 e. The summed E-state index contributed by atoms with van der Waals surface area (Å²) in [6, 6.07) is 0.706. The third kappa shape index (κ3) is 2.73. The molecule has 1 aliphatic heterocycles. The summed E-state index contributed by atoms with van der Waals surface area (Å²) < 4.78 is 5.63. The SMILES string of the molecule is CCCNC(C1CCCOC1)C1(C)CC1. The maximum atomic E-state index is 5.63. The molecule has 2 rings (SSSR count). The fourth-order valence-electron chi connectivity index (χ4n) is 2.82. The predicted octanol–water partition coefficient (Wildman–Crippen LogP) is 2.58. The van der Waals surface area contributed by atoms with E-state index in [0.29, 0.717) is 11.5 Å². The molecule has 2 nitrogen and oxygen atoms in total. The van der Waals surface area contributed by atoms with Crippen molar-refractivity contribution in [2.75, 3.05) is 19.8 Å². The molecule has 88 valence electrons. The van der Waals surface area contributed by atoms with Crippen LogP contribution in [0.5, 0.6) is 0 Å². The molecule has 0 aromatic rings. The minimum Gasteiger partial charge on any atom is -0.381 e. The lowest BCUT2D eigenvalue weighted by Crippen LogP contribution is -2.45. The first-order chi connectivity index (χ1) is 7.26. The fourth-order valence-corrected chi connectivity index (χ4v) is 2.82. The van der Waals surface area contributed by atoms with Gasteiger partial charge in [0.1, 0.15) is 0 Å². The molecule has 1 heterocycles. The molecule has 2 heteroatoms. The van der Waals surface area contributed by atoms with Crippen molar-refractivity contribution in [3.05, 3.63) is 0 Å². The summed E-state index contributed by atoms with van der Waals surface area (Å²) in [5.74, 6) is 0.762. The summed E-state index contributed by atoms with van der Waals surface area (Å²) >= 11 is 0. The Balaban J connectivity index is 1.91. The van der Waals surface area contributed by atoms with Crippen molar-refractivity contribution < 1.29 is 4.74 Å². The van der Waals surface area contributed by atoms with E-state index in [0.717, 1.165) is 25.7 Å². The summed E-state index contributed by atoms with van der Waals surface area (Å²) in [5, 5.41) is 3.76. The van der Waals surface area contributed by atoms with E-state index < -0.39 is 0 Å². The van der Waals surface area contributed by atoms with Gasteiger partial charge in [-0.15, -0.1) is 0 Å². The molecule has 1 N–H and O–H groups in total. The smallest absolute Gasteiger partial charge is 0.0509 e. The average Bonchev–Trinajstić information content (AvgIpc) is 2.99. The predicted molar refractivity (Wildman–Crippen MR) is 63.0 cm³/mol. The van der Waals surface area contributed by atoms with Crippen LogP contribution >= 0.6 is 0 Å². The number of nitrogens with one attached hydrogen (secondary N) is 1. The Morgan fingerprint density at radius 3 is 2.80 bits per heavy atom. The van der Waals surface area contributed by atoms with E-state index in [-0.39, 0.29) is 0 Å².